The van der Waals surface area contributed by atoms with Crippen LogP contribution in [0.4, 0.5) is 0 Å². The maximum Gasteiger partial charge on any atom is 0.157 e. The molecule has 0 saturated carbocycles. The summed E-state index contributed by atoms with van der Waals surface area (Å²) in [5, 5.41) is 0. The fraction of sp³-hybridized carbons (Fsp3) is 0.929. The van der Waals surface area contributed by atoms with Gasteiger partial charge in [0.15, 0.2) is 6.29 Å². The van der Waals surface area contributed by atoms with E-state index in [9.17, 15) is 0 Å². The Morgan fingerprint density at radius 2 is 1.41 bits per heavy atom. The van der Waals surface area contributed by atoms with Crippen LogP contribution in [0.25, 0.3) is 0 Å². The first-order valence-electron chi connectivity index (χ1n) is 6.37. The van der Waals surface area contributed by atoms with Crippen LogP contribution in [0.1, 0.15) is 68.2 Å². The molecule has 1 atom stereocenters. The van der Waals surface area contributed by atoms with Crippen molar-refractivity contribution in [3.8, 4) is 0 Å². The summed E-state index contributed by atoms with van der Waals surface area (Å²) in [6.07, 6.45) is 3.60. The van der Waals surface area contributed by atoms with Crippen LogP contribution in [0.5, 0.6) is 0 Å². The molecular formula is C14H36O3. The largest absolute Gasteiger partial charge is 0.356 e. The van der Waals surface area contributed by atoms with Gasteiger partial charge in [-0.25, -0.2) is 0 Å². The maximum absolute atomic E-state index is 8.00. The zero-order valence-corrected chi connectivity index (χ0v) is 12.3. The second kappa shape index (κ2) is 45.0. The van der Waals surface area contributed by atoms with Gasteiger partial charge in [-0.1, -0.05) is 49.0 Å². The molecule has 0 aromatic rings. The molecule has 0 spiro atoms. The summed E-state index contributed by atoms with van der Waals surface area (Å²) in [5.74, 6) is 0. The van der Waals surface area contributed by atoms with Gasteiger partial charge in [0.1, 0.15) is 6.79 Å². The minimum absolute atomic E-state index is 0. The predicted octanol–water partition coefficient (Wildman–Crippen LogP) is 4.69. The Bertz CT molecular complexity index is 71.9. The highest BCUT2D eigenvalue weighted by Crippen LogP contribution is 2.11. The molecule has 1 fully saturated rings. The van der Waals surface area contributed by atoms with E-state index in [4.69, 9.17) is 14.3 Å². The fourth-order valence-corrected chi connectivity index (χ4v) is 0.897. The van der Waals surface area contributed by atoms with Crippen molar-refractivity contribution in [3.05, 3.63) is 0 Å². The second-order valence-electron chi connectivity index (χ2n) is 2.03. The summed E-state index contributed by atoms with van der Waals surface area (Å²) < 4.78 is 10.2. The highest BCUT2D eigenvalue weighted by atomic mass is 16.7. The van der Waals surface area contributed by atoms with E-state index in [-0.39, 0.29) is 13.7 Å². The Kier molecular flexibility index (Phi) is 79.4. The summed E-state index contributed by atoms with van der Waals surface area (Å²) in [4.78, 5) is 8.00. The van der Waals surface area contributed by atoms with Crippen LogP contribution < -0.4 is 0 Å². The molecular weight excluding hydrogens is 216 g/mol. The number of carbonyl (C=O) groups is 1. The third kappa shape index (κ3) is 31.3. The Balaban J connectivity index is -0.0000000462. The molecule has 1 saturated heterocycles. The summed E-state index contributed by atoms with van der Waals surface area (Å²) in [6, 6.07) is 0. The highest BCUT2D eigenvalue weighted by Gasteiger charge is 2.10. The van der Waals surface area contributed by atoms with Crippen molar-refractivity contribution >= 4 is 6.79 Å². The molecule has 110 valence electrons. The number of hydrogen-bond acceptors (Lipinski definition) is 3. The number of hydrogen-bond donors (Lipinski definition) is 0. The van der Waals surface area contributed by atoms with Gasteiger partial charge in [0.05, 0.1) is 0 Å². The van der Waals surface area contributed by atoms with Crippen LogP contribution in [-0.4, -0.2) is 26.8 Å². The maximum atomic E-state index is 8.00. The van der Waals surface area contributed by atoms with Crippen LogP contribution in [0, 0.1) is 0 Å². The third-order valence-corrected chi connectivity index (χ3v) is 1.40. The van der Waals surface area contributed by atoms with Gasteiger partial charge < -0.3 is 14.3 Å². The summed E-state index contributed by atoms with van der Waals surface area (Å²) in [6.45, 7) is 14.9. The molecule has 3 nitrogen and oxygen atoms in total. The lowest BCUT2D eigenvalue weighted by Crippen LogP contribution is -2.20. The van der Waals surface area contributed by atoms with Gasteiger partial charge >= 0.3 is 0 Å². The summed E-state index contributed by atoms with van der Waals surface area (Å²) >= 11 is 0. The molecule has 1 aliphatic heterocycles. The second-order valence-corrected chi connectivity index (χ2v) is 2.03. The van der Waals surface area contributed by atoms with E-state index in [1.54, 1.807) is 7.11 Å². The van der Waals surface area contributed by atoms with Gasteiger partial charge in [0.2, 0.25) is 0 Å². The molecule has 0 aromatic carbocycles. The van der Waals surface area contributed by atoms with Crippen molar-refractivity contribution in [2.24, 2.45) is 0 Å². The molecule has 17 heavy (non-hydrogen) atoms. The molecule has 0 aliphatic carbocycles. The quantitative estimate of drug-likeness (QED) is 0.679. The average Bonchev–Trinajstić information content (AvgIpc) is 2.48. The van der Waals surface area contributed by atoms with Crippen molar-refractivity contribution in [3.63, 3.8) is 0 Å². The first-order valence-corrected chi connectivity index (χ1v) is 6.37. The van der Waals surface area contributed by atoms with Crippen molar-refractivity contribution < 1.29 is 14.3 Å². The summed E-state index contributed by atoms with van der Waals surface area (Å²) in [7, 11) is 1.69. The molecule has 1 aliphatic rings. The van der Waals surface area contributed by atoms with Gasteiger partial charge in [0, 0.05) is 13.7 Å². The van der Waals surface area contributed by atoms with E-state index in [1.165, 1.54) is 12.8 Å². The molecule has 0 amide bonds. The lowest BCUT2D eigenvalue weighted by Gasteiger charge is -2.20. The van der Waals surface area contributed by atoms with Crippen LogP contribution in [0.15, 0.2) is 0 Å². The fourth-order valence-electron chi connectivity index (χ4n) is 0.897. The zero-order valence-electron chi connectivity index (χ0n) is 12.3. The first-order chi connectivity index (χ1) is 7.93. The van der Waals surface area contributed by atoms with Crippen LogP contribution in [0.2, 0.25) is 0 Å². The molecule has 0 radical (unpaired) electrons. The van der Waals surface area contributed by atoms with E-state index in [1.807, 2.05) is 48.3 Å². The average molecular weight is 252 g/mol. The monoisotopic (exact) mass is 252 g/mol. The number of methoxy groups -OCH3 is 1. The number of ether oxygens (including phenoxy) is 2. The molecule has 0 bridgehead atoms. The minimum Gasteiger partial charge on any atom is -0.356 e. The molecule has 1 rings (SSSR count). The van der Waals surface area contributed by atoms with Crippen molar-refractivity contribution in [2.45, 2.75) is 74.5 Å². The van der Waals surface area contributed by atoms with Crippen molar-refractivity contribution in [1.29, 1.82) is 0 Å². The highest BCUT2D eigenvalue weighted by molar-refractivity contribution is 5.10. The number of carbonyl (C=O) groups excluding carboxylic acids is 1. The van der Waals surface area contributed by atoms with E-state index in [0.717, 1.165) is 13.0 Å². The van der Waals surface area contributed by atoms with Crippen molar-refractivity contribution in [2.75, 3.05) is 13.7 Å². The van der Waals surface area contributed by atoms with Gasteiger partial charge in [-0.15, -0.1) is 0 Å². The Morgan fingerprint density at radius 3 is 1.59 bits per heavy atom. The van der Waals surface area contributed by atoms with Crippen LogP contribution in [-0.2, 0) is 14.3 Å². The number of rotatable bonds is 1. The van der Waals surface area contributed by atoms with E-state index in [0.29, 0.717) is 0 Å². The Labute approximate surface area is 110 Å². The van der Waals surface area contributed by atoms with Crippen LogP contribution in [0.3, 0.4) is 0 Å². The van der Waals surface area contributed by atoms with Gasteiger partial charge in [-0.2, -0.15) is 0 Å². The SMILES string of the molecule is C.C=O.CC.CC.CC.COC1CCCCO1. The topological polar surface area (TPSA) is 35.5 Å². The molecule has 1 unspecified atom stereocenters. The smallest absolute Gasteiger partial charge is 0.157 e. The van der Waals surface area contributed by atoms with E-state index >= 15 is 0 Å². The normalized spacial score (nSPS) is 15.6. The van der Waals surface area contributed by atoms with Gasteiger partial charge in [0.25, 0.3) is 0 Å². The first kappa shape index (κ1) is 30.0. The predicted molar refractivity (Wildman–Crippen MR) is 78.5 cm³/mol. The Morgan fingerprint density at radius 1 is 1.00 bits per heavy atom. The van der Waals surface area contributed by atoms with Gasteiger partial charge in [-0.05, 0) is 19.3 Å². The molecule has 3 heteroatoms. The van der Waals surface area contributed by atoms with Gasteiger partial charge in [-0.3, -0.25) is 0 Å². The minimum atomic E-state index is 0. The standard InChI is InChI=1S/C6H12O2.3C2H6.CH2O.CH4/c1-7-6-4-2-3-5-8-6;4*1-2;/h6H,2-5H2,1H3;3*1-2H3;1H2;1H4. The third-order valence-electron chi connectivity index (χ3n) is 1.40. The van der Waals surface area contributed by atoms with Crippen LogP contribution >= 0.6 is 0 Å². The zero-order chi connectivity index (χ0) is 13.8. The Hall–Kier alpha value is -0.410. The molecule has 0 N–H and O–H groups in total. The molecule has 0 aromatic heterocycles. The van der Waals surface area contributed by atoms with E-state index < -0.39 is 0 Å². The summed E-state index contributed by atoms with van der Waals surface area (Å²) in [5.41, 5.74) is 0. The van der Waals surface area contributed by atoms with E-state index in [2.05, 4.69) is 0 Å². The lowest BCUT2D eigenvalue weighted by atomic mass is 10.2. The van der Waals surface area contributed by atoms with Crippen molar-refractivity contribution in [1.82, 2.24) is 0 Å². The molecule has 1 heterocycles. The lowest BCUT2D eigenvalue weighted by molar-refractivity contribution is -0.145.